The van der Waals surface area contributed by atoms with Gasteiger partial charge in [-0.2, -0.15) is 0 Å². The van der Waals surface area contributed by atoms with Crippen LogP contribution >= 0.6 is 0 Å². The summed E-state index contributed by atoms with van der Waals surface area (Å²) in [5.74, 6) is 0. The molecule has 6 nitrogen and oxygen atoms in total. The molecule has 4 radical (unpaired) electrons. The summed E-state index contributed by atoms with van der Waals surface area (Å²) in [6, 6.07) is 1.03. The SMILES string of the molecule is CO[Si](CCCN(C)C[Si]C(C)(CCCCCCCN(C)C)[Si](OC)OC)OC. The fraction of sp³-hybridized carbons (Fsp3) is 1.00. The maximum Gasteiger partial charge on any atom is 0.387 e. The molecule has 0 saturated carbocycles. The van der Waals surface area contributed by atoms with Gasteiger partial charge in [-0.15, -0.1) is 0 Å². The molecule has 9 heteroatoms. The minimum Gasteiger partial charge on any atom is -0.397 e. The second kappa shape index (κ2) is 18.0. The molecule has 0 fully saturated rings. The second-order valence-electron chi connectivity index (χ2n) is 8.15. The van der Waals surface area contributed by atoms with Gasteiger partial charge in [0.05, 0.1) is 9.52 Å². The van der Waals surface area contributed by atoms with Gasteiger partial charge in [0.25, 0.3) is 0 Å². The van der Waals surface area contributed by atoms with Crippen molar-refractivity contribution < 1.29 is 17.7 Å². The van der Waals surface area contributed by atoms with E-state index in [0.29, 0.717) is 0 Å². The van der Waals surface area contributed by atoms with Crippen LogP contribution in [-0.4, -0.2) is 107 Å². The minimum atomic E-state index is -1.26. The van der Waals surface area contributed by atoms with E-state index in [0.717, 1.165) is 34.7 Å². The van der Waals surface area contributed by atoms with Gasteiger partial charge in [-0.3, -0.25) is 0 Å². The van der Waals surface area contributed by atoms with Crippen LogP contribution in [0, 0.1) is 0 Å². The molecule has 0 aliphatic rings. The van der Waals surface area contributed by atoms with E-state index in [1.54, 1.807) is 14.2 Å². The Morgan fingerprint density at radius 3 is 1.90 bits per heavy atom. The zero-order valence-electron chi connectivity index (χ0n) is 20.3. The van der Waals surface area contributed by atoms with Crippen molar-refractivity contribution in [2.45, 2.75) is 62.6 Å². The molecular formula is C20H46N2O4Si3. The Morgan fingerprint density at radius 1 is 0.759 bits per heavy atom. The third-order valence-electron chi connectivity index (χ3n) is 5.22. The predicted octanol–water partition coefficient (Wildman–Crippen LogP) is 3.15. The highest BCUT2D eigenvalue weighted by molar-refractivity contribution is 6.66. The Bertz CT molecular complexity index is 376. The Kier molecular flexibility index (Phi) is 18.3. The second-order valence-corrected chi connectivity index (χ2v) is 15.0. The molecule has 0 heterocycles. The Labute approximate surface area is 187 Å². The number of hydrogen-bond acceptors (Lipinski definition) is 6. The van der Waals surface area contributed by atoms with Gasteiger partial charge >= 0.3 is 18.6 Å². The quantitative estimate of drug-likeness (QED) is 0.205. The van der Waals surface area contributed by atoms with E-state index in [2.05, 4.69) is 37.9 Å². The first kappa shape index (κ1) is 29.4. The van der Waals surface area contributed by atoms with Gasteiger partial charge in [-0.05, 0) is 65.7 Å². The molecule has 0 N–H and O–H groups in total. The van der Waals surface area contributed by atoms with Crippen LogP contribution < -0.4 is 0 Å². The van der Waals surface area contributed by atoms with E-state index >= 15 is 0 Å². The number of rotatable bonds is 20. The number of nitrogens with zero attached hydrogens (tertiary/aromatic N) is 2. The number of unbranched alkanes of at least 4 members (excludes halogenated alkanes) is 4. The molecule has 0 rings (SSSR count). The van der Waals surface area contributed by atoms with Gasteiger partial charge in [0.1, 0.15) is 0 Å². The van der Waals surface area contributed by atoms with Crippen LogP contribution in [0.2, 0.25) is 10.7 Å². The van der Waals surface area contributed by atoms with Crippen molar-refractivity contribution in [3.63, 3.8) is 0 Å². The normalized spacial score (nSPS) is 14.5. The molecular weight excluding hydrogens is 416 g/mol. The van der Waals surface area contributed by atoms with Crippen molar-refractivity contribution >= 4 is 28.1 Å². The summed E-state index contributed by atoms with van der Waals surface area (Å²) in [4.78, 5) is 4.71. The lowest BCUT2D eigenvalue weighted by atomic mass is 10.1. The molecule has 0 amide bonds. The van der Waals surface area contributed by atoms with Crippen LogP contribution in [0.15, 0.2) is 0 Å². The highest BCUT2D eigenvalue weighted by Gasteiger charge is 2.39. The van der Waals surface area contributed by atoms with Crippen molar-refractivity contribution in [3.05, 3.63) is 0 Å². The predicted molar refractivity (Wildman–Crippen MR) is 127 cm³/mol. The molecule has 0 aromatic heterocycles. The van der Waals surface area contributed by atoms with Crippen molar-refractivity contribution in [2.24, 2.45) is 0 Å². The molecule has 0 saturated heterocycles. The van der Waals surface area contributed by atoms with Crippen molar-refractivity contribution in [2.75, 3.05) is 68.8 Å². The molecule has 0 aliphatic carbocycles. The summed E-state index contributed by atoms with van der Waals surface area (Å²) in [6.07, 6.45) is 9.96. The van der Waals surface area contributed by atoms with E-state index in [4.69, 9.17) is 17.7 Å². The molecule has 29 heavy (non-hydrogen) atoms. The van der Waals surface area contributed by atoms with E-state index in [1.165, 1.54) is 45.1 Å². The highest BCUT2D eigenvalue weighted by Crippen LogP contribution is 2.35. The fourth-order valence-corrected chi connectivity index (χ4v) is 8.43. The maximum absolute atomic E-state index is 5.79. The van der Waals surface area contributed by atoms with Gasteiger partial charge in [-0.1, -0.05) is 32.6 Å². The van der Waals surface area contributed by atoms with Gasteiger partial charge in [0, 0.05) is 33.1 Å². The average molecular weight is 463 g/mol. The molecule has 0 aromatic carbocycles. The largest absolute Gasteiger partial charge is 0.397 e. The molecule has 0 bridgehead atoms. The van der Waals surface area contributed by atoms with Gasteiger partial charge in [0.2, 0.25) is 0 Å². The fourth-order valence-electron chi connectivity index (χ4n) is 3.40. The summed E-state index contributed by atoms with van der Waals surface area (Å²) in [6.45, 7) is 4.66. The van der Waals surface area contributed by atoms with Gasteiger partial charge in [0.15, 0.2) is 0 Å². The van der Waals surface area contributed by atoms with Crippen molar-refractivity contribution in [3.8, 4) is 0 Å². The standard InChI is InChI=1S/C20H46N2O4Si3/c1-20(29(25-7)26-8,15-12-10-9-11-13-16-21(2)3)27-19-22(4)17-14-18-28(23-5)24-6/h9-19H2,1-8H3. The van der Waals surface area contributed by atoms with Crippen LogP contribution in [0.5, 0.6) is 0 Å². The summed E-state index contributed by atoms with van der Waals surface area (Å²) in [5.41, 5.74) is 0. The lowest BCUT2D eigenvalue weighted by Crippen LogP contribution is -2.43. The van der Waals surface area contributed by atoms with E-state index in [1.807, 2.05) is 14.2 Å². The van der Waals surface area contributed by atoms with Crippen LogP contribution in [0.3, 0.4) is 0 Å². The highest BCUT2D eigenvalue weighted by atomic mass is 28.3. The van der Waals surface area contributed by atoms with E-state index in [-0.39, 0.29) is 4.66 Å². The monoisotopic (exact) mass is 462 g/mol. The summed E-state index contributed by atoms with van der Waals surface area (Å²) < 4.78 is 22.5. The summed E-state index contributed by atoms with van der Waals surface area (Å²) >= 11 is 0. The lowest BCUT2D eigenvalue weighted by Gasteiger charge is -2.34. The summed E-state index contributed by atoms with van der Waals surface area (Å²) in [5, 5.41) is 0. The Morgan fingerprint density at radius 2 is 1.34 bits per heavy atom. The maximum atomic E-state index is 5.79. The Balaban J connectivity index is 4.34. The van der Waals surface area contributed by atoms with Crippen molar-refractivity contribution in [1.29, 1.82) is 0 Å². The van der Waals surface area contributed by atoms with Crippen LogP contribution in [0.4, 0.5) is 0 Å². The average Bonchev–Trinajstić information content (AvgIpc) is 2.69. The van der Waals surface area contributed by atoms with Gasteiger partial charge < -0.3 is 27.5 Å². The van der Waals surface area contributed by atoms with Crippen LogP contribution in [0.1, 0.15) is 51.9 Å². The molecule has 0 aromatic rings. The molecule has 172 valence electrons. The first-order chi connectivity index (χ1) is 13.8. The van der Waals surface area contributed by atoms with E-state index in [9.17, 15) is 0 Å². The summed E-state index contributed by atoms with van der Waals surface area (Å²) in [7, 11) is 12.1. The molecule has 0 aliphatic heterocycles. The lowest BCUT2D eigenvalue weighted by molar-refractivity contribution is 0.254. The third-order valence-corrected chi connectivity index (χ3v) is 11.7. The van der Waals surface area contributed by atoms with Crippen LogP contribution in [0.25, 0.3) is 0 Å². The first-order valence-electron chi connectivity index (χ1n) is 10.8. The number of hydrogen-bond donors (Lipinski definition) is 0. The third kappa shape index (κ3) is 14.2. The first-order valence-corrected chi connectivity index (χ1v) is 14.8. The minimum absolute atomic E-state index is 0.167. The smallest absolute Gasteiger partial charge is 0.387 e. The Hall–Kier alpha value is 0.411. The van der Waals surface area contributed by atoms with Crippen molar-refractivity contribution in [1.82, 2.24) is 9.80 Å². The zero-order valence-corrected chi connectivity index (χ0v) is 23.3. The van der Waals surface area contributed by atoms with Gasteiger partial charge in [-0.25, -0.2) is 0 Å². The van der Waals surface area contributed by atoms with Crippen LogP contribution in [-0.2, 0) is 17.7 Å². The topological polar surface area (TPSA) is 43.4 Å². The van der Waals surface area contributed by atoms with E-state index < -0.39 is 18.6 Å². The molecule has 1 unspecified atom stereocenters. The molecule has 0 spiro atoms. The zero-order chi connectivity index (χ0) is 22.1. The molecule has 1 atom stereocenters.